The van der Waals surface area contributed by atoms with Gasteiger partial charge in [-0.2, -0.15) is 0 Å². The molecule has 2 fully saturated rings. The van der Waals surface area contributed by atoms with Crippen LogP contribution in [0, 0.1) is 5.92 Å². The van der Waals surface area contributed by atoms with E-state index in [-0.39, 0.29) is 0 Å². The summed E-state index contributed by atoms with van der Waals surface area (Å²) in [5, 5.41) is 3.47. The zero-order valence-electron chi connectivity index (χ0n) is 11.1. The summed E-state index contributed by atoms with van der Waals surface area (Å²) in [6.45, 7) is 5.36. The lowest BCUT2D eigenvalue weighted by atomic mass is 10.0. The van der Waals surface area contributed by atoms with Gasteiger partial charge in [0.25, 0.3) is 0 Å². The molecule has 2 heterocycles. The van der Waals surface area contributed by atoms with Crippen LogP contribution in [0.15, 0.2) is 0 Å². The third kappa shape index (κ3) is 3.98. The summed E-state index contributed by atoms with van der Waals surface area (Å²) >= 11 is 0. The molecule has 2 aliphatic rings. The number of carbonyl (C=O) groups excluding carboxylic acids is 1. The largest absolute Gasteiger partial charge is 0.343 e. The zero-order valence-corrected chi connectivity index (χ0v) is 11.1. The van der Waals surface area contributed by atoms with Crippen molar-refractivity contribution >= 4 is 5.91 Å². The van der Waals surface area contributed by atoms with Crippen LogP contribution in [0.2, 0.25) is 0 Å². The van der Waals surface area contributed by atoms with Gasteiger partial charge in [-0.15, -0.1) is 0 Å². The average molecular weight is 238 g/mol. The summed E-state index contributed by atoms with van der Waals surface area (Å²) in [5.41, 5.74) is 0. The molecule has 0 aliphatic carbocycles. The highest BCUT2D eigenvalue weighted by Crippen LogP contribution is 2.18. The molecule has 0 aromatic carbocycles. The highest BCUT2D eigenvalue weighted by Gasteiger charge is 2.22. The lowest BCUT2D eigenvalue weighted by molar-refractivity contribution is -0.131. The van der Waals surface area contributed by atoms with E-state index >= 15 is 0 Å². The molecular weight excluding hydrogens is 212 g/mol. The topological polar surface area (TPSA) is 32.3 Å². The predicted octanol–water partition coefficient (Wildman–Crippen LogP) is 2.17. The molecule has 2 saturated heterocycles. The van der Waals surface area contributed by atoms with E-state index in [0.717, 1.165) is 25.6 Å². The van der Waals surface area contributed by atoms with E-state index in [2.05, 4.69) is 17.1 Å². The van der Waals surface area contributed by atoms with Gasteiger partial charge in [0, 0.05) is 25.6 Å². The van der Waals surface area contributed by atoms with E-state index in [1.54, 1.807) is 0 Å². The molecule has 2 atom stereocenters. The summed E-state index contributed by atoms with van der Waals surface area (Å²) in [7, 11) is 0. The molecular formula is C14H26N2O. The molecule has 1 N–H and O–H groups in total. The summed E-state index contributed by atoms with van der Waals surface area (Å²) in [6, 6.07) is 0.442. The van der Waals surface area contributed by atoms with Gasteiger partial charge in [0.1, 0.15) is 0 Å². The molecule has 0 radical (unpaired) electrons. The van der Waals surface area contributed by atoms with E-state index in [1.165, 1.54) is 38.5 Å². The Kier molecular flexibility index (Phi) is 4.84. The molecule has 2 unspecified atom stereocenters. The maximum absolute atomic E-state index is 12.2. The van der Waals surface area contributed by atoms with Crippen LogP contribution in [-0.2, 0) is 4.79 Å². The Balaban J connectivity index is 1.77. The number of nitrogens with one attached hydrogen (secondary N) is 1. The molecule has 0 bridgehead atoms. The van der Waals surface area contributed by atoms with Gasteiger partial charge in [-0.1, -0.05) is 13.3 Å². The van der Waals surface area contributed by atoms with Crippen molar-refractivity contribution in [2.75, 3.05) is 19.6 Å². The van der Waals surface area contributed by atoms with E-state index in [4.69, 9.17) is 0 Å². The fourth-order valence-corrected chi connectivity index (χ4v) is 2.95. The van der Waals surface area contributed by atoms with Crippen molar-refractivity contribution in [3.05, 3.63) is 0 Å². The van der Waals surface area contributed by atoms with E-state index in [1.807, 2.05) is 0 Å². The summed E-state index contributed by atoms with van der Waals surface area (Å²) in [5.74, 6) is 1.17. The van der Waals surface area contributed by atoms with Crippen LogP contribution < -0.4 is 5.32 Å². The highest BCUT2D eigenvalue weighted by molar-refractivity contribution is 5.76. The maximum atomic E-state index is 12.2. The van der Waals surface area contributed by atoms with E-state index in [9.17, 15) is 4.79 Å². The third-order valence-electron chi connectivity index (χ3n) is 4.20. The number of hydrogen-bond acceptors (Lipinski definition) is 2. The van der Waals surface area contributed by atoms with E-state index < -0.39 is 0 Å². The Labute approximate surface area is 105 Å². The average Bonchev–Trinajstić information content (AvgIpc) is 2.55. The standard InChI is InChI=1S/C14H26N2O/c1-12-5-4-9-16(10-7-12)14(17)11-13-6-2-3-8-15-13/h12-13,15H,2-11H2,1H3. The van der Waals surface area contributed by atoms with Gasteiger partial charge in [0.15, 0.2) is 0 Å². The summed E-state index contributed by atoms with van der Waals surface area (Å²) in [6.07, 6.45) is 8.10. The number of hydrogen-bond donors (Lipinski definition) is 1. The quantitative estimate of drug-likeness (QED) is 0.799. The van der Waals surface area contributed by atoms with Gasteiger partial charge < -0.3 is 10.2 Å². The predicted molar refractivity (Wildman–Crippen MR) is 69.9 cm³/mol. The van der Waals surface area contributed by atoms with Gasteiger partial charge in [0.2, 0.25) is 5.91 Å². The minimum atomic E-state index is 0.374. The number of carbonyl (C=O) groups is 1. The van der Waals surface area contributed by atoms with Gasteiger partial charge in [0.05, 0.1) is 0 Å². The van der Waals surface area contributed by atoms with Gasteiger partial charge in [-0.25, -0.2) is 0 Å². The molecule has 0 aromatic heterocycles. The number of rotatable bonds is 2. The van der Waals surface area contributed by atoms with E-state index in [0.29, 0.717) is 18.4 Å². The second-order valence-electron chi connectivity index (χ2n) is 5.77. The Bertz CT molecular complexity index is 249. The number of nitrogens with zero attached hydrogens (tertiary/aromatic N) is 1. The van der Waals surface area contributed by atoms with Crippen LogP contribution in [-0.4, -0.2) is 36.5 Å². The zero-order chi connectivity index (χ0) is 12.1. The SMILES string of the molecule is CC1CCCN(C(=O)CC2CCCCN2)CC1. The molecule has 2 aliphatic heterocycles. The lowest BCUT2D eigenvalue weighted by Crippen LogP contribution is -2.40. The maximum Gasteiger partial charge on any atom is 0.224 e. The van der Waals surface area contributed by atoms with Crippen LogP contribution in [0.1, 0.15) is 51.9 Å². The van der Waals surface area contributed by atoms with Crippen LogP contribution in [0.5, 0.6) is 0 Å². The summed E-state index contributed by atoms with van der Waals surface area (Å²) < 4.78 is 0. The Hall–Kier alpha value is -0.570. The number of piperidine rings is 1. The monoisotopic (exact) mass is 238 g/mol. The molecule has 0 saturated carbocycles. The number of amides is 1. The first-order chi connectivity index (χ1) is 8.25. The first kappa shape index (κ1) is 12.9. The van der Waals surface area contributed by atoms with Crippen molar-refractivity contribution in [3.8, 4) is 0 Å². The molecule has 2 rings (SSSR count). The third-order valence-corrected chi connectivity index (χ3v) is 4.20. The second kappa shape index (κ2) is 6.39. The van der Waals surface area contributed by atoms with Crippen molar-refractivity contribution < 1.29 is 4.79 Å². The molecule has 0 spiro atoms. The minimum absolute atomic E-state index is 0.374. The minimum Gasteiger partial charge on any atom is -0.343 e. The van der Waals surface area contributed by atoms with Crippen LogP contribution in [0.3, 0.4) is 0 Å². The fraction of sp³-hybridized carbons (Fsp3) is 0.929. The second-order valence-corrected chi connectivity index (χ2v) is 5.77. The fourth-order valence-electron chi connectivity index (χ4n) is 2.95. The van der Waals surface area contributed by atoms with Gasteiger partial charge in [-0.05, 0) is 44.6 Å². The molecule has 1 amide bonds. The normalized spacial score (nSPS) is 31.0. The lowest BCUT2D eigenvalue weighted by Gasteiger charge is -2.27. The van der Waals surface area contributed by atoms with Crippen molar-refractivity contribution in [3.63, 3.8) is 0 Å². The van der Waals surface area contributed by atoms with Crippen LogP contribution in [0.4, 0.5) is 0 Å². The first-order valence-corrected chi connectivity index (χ1v) is 7.27. The Morgan fingerprint density at radius 3 is 2.82 bits per heavy atom. The van der Waals surface area contributed by atoms with Crippen molar-refractivity contribution in [1.29, 1.82) is 0 Å². The van der Waals surface area contributed by atoms with Gasteiger partial charge >= 0.3 is 0 Å². The van der Waals surface area contributed by atoms with Crippen LogP contribution >= 0.6 is 0 Å². The highest BCUT2D eigenvalue weighted by atomic mass is 16.2. The van der Waals surface area contributed by atoms with Crippen molar-refractivity contribution in [1.82, 2.24) is 10.2 Å². The molecule has 3 heteroatoms. The molecule has 17 heavy (non-hydrogen) atoms. The molecule has 0 aromatic rings. The Morgan fingerprint density at radius 2 is 2.06 bits per heavy atom. The first-order valence-electron chi connectivity index (χ1n) is 7.27. The summed E-state index contributed by atoms with van der Waals surface area (Å²) in [4.78, 5) is 14.3. The van der Waals surface area contributed by atoms with Crippen molar-refractivity contribution in [2.24, 2.45) is 5.92 Å². The van der Waals surface area contributed by atoms with Crippen molar-refractivity contribution in [2.45, 2.75) is 57.9 Å². The van der Waals surface area contributed by atoms with Gasteiger partial charge in [-0.3, -0.25) is 4.79 Å². The van der Waals surface area contributed by atoms with Crippen LogP contribution in [0.25, 0.3) is 0 Å². The molecule has 98 valence electrons. The Morgan fingerprint density at radius 1 is 1.18 bits per heavy atom. The number of likely N-dealkylation sites (tertiary alicyclic amines) is 1. The smallest absolute Gasteiger partial charge is 0.224 e. The molecule has 3 nitrogen and oxygen atoms in total.